The Morgan fingerprint density at radius 2 is 2.16 bits per heavy atom. The van der Waals surface area contributed by atoms with Gasteiger partial charge in [0.25, 0.3) is 0 Å². The predicted molar refractivity (Wildman–Crippen MR) is 80.9 cm³/mol. The number of benzene rings is 1. The summed E-state index contributed by atoms with van der Waals surface area (Å²) in [6, 6.07) is 5.62. The third-order valence-corrected chi connectivity index (χ3v) is 3.51. The lowest BCUT2D eigenvalue weighted by Crippen LogP contribution is -2.27. The monoisotopic (exact) mass is 329 g/mol. The van der Waals surface area contributed by atoms with Crippen molar-refractivity contribution in [3.8, 4) is 0 Å². The van der Waals surface area contributed by atoms with Gasteiger partial charge in [0.15, 0.2) is 5.84 Å². The molecule has 1 aromatic carbocycles. The second-order valence-corrected chi connectivity index (χ2v) is 5.07. The van der Waals surface area contributed by atoms with E-state index in [-0.39, 0.29) is 12.4 Å². The maximum absolute atomic E-state index is 9.12. The molecule has 0 amide bonds. The molecule has 0 aromatic heterocycles. The van der Waals surface area contributed by atoms with Crippen molar-refractivity contribution < 1.29 is 10.3 Å². The number of unbranched alkanes of at least 4 members (excludes halogenated alkanes) is 1. The van der Waals surface area contributed by atoms with Gasteiger partial charge < -0.3 is 20.9 Å². The summed E-state index contributed by atoms with van der Waals surface area (Å²) >= 11 is 3.42. The summed E-state index contributed by atoms with van der Waals surface area (Å²) in [6.45, 7) is 3.74. The van der Waals surface area contributed by atoms with E-state index in [0.29, 0.717) is 12.1 Å². The van der Waals surface area contributed by atoms with E-state index in [2.05, 4.69) is 32.9 Å². The van der Waals surface area contributed by atoms with Crippen LogP contribution in [0.2, 0.25) is 0 Å². The van der Waals surface area contributed by atoms with Crippen molar-refractivity contribution in [3.63, 3.8) is 0 Å². The number of amidine groups is 1. The molecule has 4 N–H and O–H groups in total. The molecule has 0 fully saturated rings. The van der Waals surface area contributed by atoms with Crippen LogP contribution in [0.15, 0.2) is 27.8 Å². The lowest BCUT2D eigenvalue weighted by Gasteiger charge is -2.24. The molecule has 0 atom stereocenters. The Hall–Kier alpha value is -1.27. The first-order chi connectivity index (χ1) is 9.13. The number of rotatable bonds is 7. The largest absolute Gasteiger partial charge is 0.409 e. The van der Waals surface area contributed by atoms with Crippen LogP contribution in [0.25, 0.3) is 0 Å². The molecular formula is C13H20BrN3O2. The van der Waals surface area contributed by atoms with Gasteiger partial charge >= 0.3 is 0 Å². The summed E-state index contributed by atoms with van der Waals surface area (Å²) in [4.78, 5) is 2.12. The van der Waals surface area contributed by atoms with E-state index in [4.69, 9.17) is 16.0 Å². The topological polar surface area (TPSA) is 82.1 Å². The zero-order chi connectivity index (χ0) is 14.3. The molecule has 6 heteroatoms. The average molecular weight is 330 g/mol. The first kappa shape index (κ1) is 15.8. The summed E-state index contributed by atoms with van der Waals surface area (Å²) in [7, 11) is 0. The quantitative estimate of drug-likeness (QED) is 0.310. The molecule has 1 rings (SSSR count). The summed E-state index contributed by atoms with van der Waals surface area (Å²) < 4.78 is 0.764. The fraction of sp³-hybridized carbons (Fsp3) is 0.462. The summed E-state index contributed by atoms with van der Waals surface area (Å²) in [5.74, 6) is 0.0701. The highest BCUT2D eigenvalue weighted by molar-refractivity contribution is 9.10. The summed E-state index contributed by atoms with van der Waals surface area (Å²) in [5, 5.41) is 20.8. The van der Waals surface area contributed by atoms with E-state index < -0.39 is 0 Å². The van der Waals surface area contributed by atoms with Gasteiger partial charge in [-0.1, -0.05) is 18.5 Å². The number of hydrogen-bond donors (Lipinski definition) is 3. The number of hydrogen-bond acceptors (Lipinski definition) is 4. The predicted octanol–water partition coefficient (Wildman–Crippen LogP) is 2.14. The minimum Gasteiger partial charge on any atom is -0.409 e. The molecule has 19 heavy (non-hydrogen) atoms. The highest BCUT2D eigenvalue weighted by Crippen LogP contribution is 2.24. The van der Waals surface area contributed by atoms with Gasteiger partial charge in [0.2, 0.25) is 0 Å². The van der Waals surface area contributed by atoms with Crippen LogP contribution in [-0.2, 0) is 0 Å². The maximum Gasteiger partial charge on any atom is 0.171 e. The Bertz CT molecular complexity index is 438. The van der Waals surface area contributed by atoms with Gasteiger partial charge in [0, 0.05) is 28.8 Å². The molecule has 0 saturated heterocycles. The fourth-order valence-corrected chi connectivity index (χ4v) is 2.37. The smallest absolute Gasteiger partial charge is 0.171 e. The van der Waals surface area contributed by atoms with Crippen molar-refractivity contribution in [1.29, 1.82) is 0 Å². The number of halogens is 1. The van der Waals surface area contributed by atoms with E-state index in [1.807, 2.05) is 12.1 Å². The average Bonchev–Trinajstić information content (AvgIpc) is 2.42. The van der Waals surface area contributed by atoms with E-state index in [1.54, 1.807) is 6.07 Å². The summed E-state index contributed by atoms with van der Waals surface area (Å²) in [5.41, 5.74) is 7.22. The number of aliphatic hydroxyl groups excluding tert-OH is 1. The molecule has 0 saturated carbocycles. The minimum absolute atomic E-state index is 0.0701. The molecule has 0 bridgehead atoms. The van der Waals surface area contributed by atoms with Gasteiger partial charge in [-0.15, -0.1) is 0 Å². The summed E-state index contributed by atoms with van der Waals surface area (Å²) in [6.07, 6.45) is 2.17. The number of anilines is 1. The Labute approximate surface area is 121 Å². The van der Waals surface area contributed by atoms with E-state index in [1.165, 1.54) is 0 Å². The molecule has 106 valence electrons. The van der Waals surface area contributed by atoms with Gasteiger partial charge in [-0.25, -0.2) is 0 Å². The van der Waals surface area contributed by atoms with Crippen LogP contribution < -0.4 is 10.6 Å². The Morgan fingerprint density at radius 3 is 2.68 bits per heavy atom. The Kier molecular flexibility index (Phi) is 6.66. The lowest BCUT2D eigenvalue weighted by atomic mass is 10.1. The normalized spacial score (nSPS) is 11.6. The molecule has 0 radical (unpaired) electrons. The van der Waals surface area contributed by atoms with Gasteiger partial charge in [-0.2, -0.15) is 0 Å². The second-order valence-electron chi connectivity index (χ2n) is 4.21. The second kappa shape index (κ2) is 8.01. The van der Waals surface area contributed by atoms with Crippen molar-refractivity contribution in [2.24, 2.45) is 10.9 Å². The van der Waals surface area contributed by atoms with Crippen LogP contribution in [0.3, 0.4) is 0 Å². The van der Waals surface area contributed by atoms with E-state index in [0.717, 1.165) is 29.5 Å². The molecule has 5 nitrogen and oxygen atoms in total. The first-order valence-corrected chi connectivity index (χ1v) is 7.06. The van der Waals surface area contributed by atoms with Gasteiger partial charge in [-0.3, -0.25) is 0 Å². The molecule has 0 heterocycles. The highest BCUT2D eigenvalue weighted by atomic mass is 79.9. The third kappa shape index (κ3) is 4.40. The number of aliphatic hydroxyl groups is 1. The number of nitrogens with two attached hydrogens (primary N) is 1. The maximum atomic E-state index is 9.12. The van der Waals surface area contributed by atoms with Crippen molar-refractivity contribution in [3.05, 3.63) is 28.2 Å². The van der Waals surface area contributed by atoms with Crippen LogP contribution in [0, 0.1) is 0 Å². The molecule has 0 spiro atoms. The van der Waals surface area contributed by atoms with Gasteiger partial charge in [-0.05, 0) is 40.5 Å². The molecule has 0 unspecified atom stereocenters. The first-order valence-electron chi connectivity index (χ1n) is 6.27. The zero-order valence-electron chi connectivity index (χ0n) is 11.0. The van der Waals surface area contributed by atoms with Crippen molar-refractivity contribution >= 4 is 27.5 Å². The van der Waals surface area contributed by atoms with Gasteiger partial charge in [0.05, 0.1) is 6.61 Å². The van der Waals surface area contributed by atoms with Crippen molar-refractivity contribution in [2.45, 2.75) is 19.8 Å². The van der Waals surface area contributed by atoms with Crippen LogP contribution in [0.5, 0.6) is 0 Å². The number of oxime groups is 1. The van der Waals surface area contributed by atoms with Gasteiger partial charge in [0.1, 0.15) is 0 Å². The Balaban J connectivity index is 2.95. The zero-order valence-corrected chi connectivity index (χ0v) is 12.6. The van der Waals surface area contributed by atoms with E-state index >= 15 is 0 Å². The van der Waals surface area contributed by atoms with Crippen LogP contribution in [0.4, 0.5) is 5.69 Å². The molecule has 0 aliphatic carbocycles. The minimum atomic E-state index is 0.0701. The molecule has 1 aromatic rings. The molecular weight excluding hydrogens is 310 g/mol. The number of nitrogens with zero attached hydrogens (tertiary/aromatic N) is 2. The van der Waals surface area contributed by atoms with E-state index in [9.17, 15) is 0 Å². The molecule has 0 aliphatic rings. The lowest BCUT2D eigenvalue weighted by molar-refractivity contribution is 0.301. The highest BCUT2D eigenvalue weighted by Gasteiger charge is 2.10. The standard InChI is InChI=1S/C13H20BrN3O2/c1-2-3-6-17(7-8-18)10-4-5-11(12(14)9-10)13(15)16-19/h4-5,9,18-19H,2-3,6-8H2,1H3,(H2,15,16). The van der Waals surface area contributed by atoms with Crippen LogP contribution >= 0.6 is 15.9 Å². The Morgan fingerprint density at radius 1 is 1.42 bits per heavy atom. The fourth-order valence-electron chi connectivity index (χ4n) is 1.80. The third-order valence-electron chi connectivity index (χ3n) is 2.85. The van der Waals surface area contributed by atoms with Crippen LogP contribution in [0.1, 0.15) is 25.3 Å². The SMILES string of the molecule is CCCCN(CCO)c1ccc(/C(N)=N/O)c(Br)c1. The van der Waals surface area contributed by atoms with Crippen LogP contribution in [-0.4, -0.2) is 35.8 Å². The van der Waals surface area contributed by atoms with Crippen molar-refractivity contribution in [1.82, 2.24) is 0 Å². The molecule has 0 aliphatic heterocycles. The van der Waals surface area contributed by atoms with Crippen molar-refractivity contribution in [2.75, 3.05) is 24.6 Å².